The second-order valence-electron chi connectivity index (χ2n) is 6.97. The van der Waals surface area contributed by atoms with E-state index in [-0.39, 0.29) is 24.6 Å². The lowest BCUT2D eigenvalue weighted by atomic mass is 10.00. The fourth-order valence-electron chi connectivity index (χ4n) is 3.32. The summed E-state index contributed by atoms with van der Waals surface area (Å²) in [4.78, 5) is 44.4. The van der Waals surface area contributed by atoms with E-state index in [9.17, 15) is 14.4 Å². The summed E-state index contributed by atoms with van der Waals surface area (Å²) in [6.07, 6.45) is 1.08. The van der Waals surface area contributed by atoms with Crippen LogP contribution >= 0.6 is 0 Å². The molecule has 2 atom stereocenters. The molecule has 140 valence electrons. The minimum atomic E-state index is -0.725. The van der Waals surface area contributed by atoms with Gasteiger partial charge in [-0.3, -0.25) is 14.4 Å². The third kappa shape index (κ3) is 3.42. The number of carbonyl (C=O) groups is 3. The van der Waals surface area contributed by atoms with Crippen LogP contribution in [0.5, 0.6) is 0 Å². The van der Waals surface area contributed by atoms with Gasteiger partial charge in [-0.15, -0.1) is 0 Å². The lowest BCUT2D eigenvalue weighted by Crippen LogP contribution is -2.56. The van der Waals surface area contributed by atoms with Crippen molar-refractivity contribution in [3.63, 3.8) is 0 Å². The van der Waals surface area contributed by atoms with Gasteiger partial charge in [0.2, 0.25) is 5.91 Å². The van der Waals surface area contributed by atoms with E-state index in [1.165, 1.54) is 9.96 Å². The first-order valence-electron chi connectivity index (χ1n) is 8.79. The smallest absolute Gasteiger partial charge is 0.309 e. The van der Waals surface area contributed by atoms with Gasteiger partial charge in [-0.1, -0.05) is 44.2 Å². The number of hydrazine groups is 1. The second kappa shape index (κ2) is 7.43. The van der Waals surface area contributed by atoms with Crippen molar-refractivity contribution in [2.45, 2.75) is 45.4 Å². The standard InChI is InChI=1S/C18H24N4O4/c1-12(2)16(23)21(19)17(24)15-9-8-14-10-20(15)18(25)22(14)26-11-13-6-4-3-5-7-13/h3-7,12,14-15H,8-11,19H2,1-2H3/t14-,15+/m0/s1. The average Bonchev–Trinajstić information content (AvgIpc) is 2.89. The first-order chi connectivity index (χ1) is 12.4. The number of benzene rings is 1. The zero-order valence-corrected chi connectivity index (χ0v) is 15.0. The topological polar surface area (TPSA) is 96.2 Å². The quantitative estimate of drug-likeness (QED) is 0.485. The van der Waals surface area contributed by atoms with Crippen LogP contribution in [0.3, 0.4) is 0 Å². The highest BCUT2D eigenvalue weighted by Crippen LogP contribution is 2.31. The highest BCUT2D eigenvalue weighted by molar-refractivity contribution is 5.99. The number of hydroxylamine groups is 2. The maximum Gasteiger partial charge on any atom is 0.345 e. The van der Waals surface area contributed by atoms with Crippen molar-refractivity contribution in [1.82, 2.24) is 15.0 Å². The Labute approximate surface area is 152 Å². The summed E-state index contributed by atoms with van der Waals surface area (Å²) in [7, 11) is 0. The maximum atomic E-state index is 12.7. The van der Waals surface area contributed by atoms with Crippen molar-refractivity contribution in [2.24, 2.45) is 11.8 Å². The predicted molar refractivity (Wildman–Crippen MR) is 92.9 cm³/mol. The Bertz CT molecular complexity index is 694. The van der Waals surface area contributed by atoms with Crippen molar-refractivity contribution >= 4 is 17.8 Å². The van der Waals surface area contributed by atoms with E-state index in [1.807, 2.05) is 30.3 Å². The zero-order chi connectivity index (χ0) is 18.8. The molecule has 3 rings (SSSR count). The van der Waals surface area contributed by atoms with Gasteiger partial charge < -0.3 is 4.90 Å². The molecule has 0 spiro atoms. The highest BCUT2D eigenvalue weighted by atomic mass is 16.7. The van der Waals surface area contributed by atoms with Crippen molar-refractivity contribution in [3.8, 4) is 0 Å². The number of amides is 4. The Balaban J connectivity index is 1.66. The van der Waals surface area contributed by atoms with Gasteiger partial charge in [-0.25, -0.2) is 15.6 Å². The number of piperidine rings is 1. The molecule has 0 saturated carbocycles. The number of nitrogens with two attached hydrogens (primary N) is 1. The summed E-state index contributed by atoms with van der Waals surface area (Å²) in [6.45, 7) is 4.02. The molecule has 2 saturated heterocycles. The third-order valence-electron chi connectivity index (χ3n) is 4.79. The van der Waals surface area contributed by atoms with Gasteiger partial charge in [0, 0.05) is 12.5 Å². The minimum Gasteiger partial charge on any atom is -0.309 e. The molecule has 0 radical (unpaired) electrons. The summed E-state index contributed by atoms with van der Waals surface area (Å²) < 4.78 is 0. The Kier molecular flexibility index (Phi) is 5.24. The molecular formula is C18H24N4O4. The maximum absolute atomic E-state index is 12.7. The van der Waals surface area contributed by atoms with Crippen LogP contribution in [0.4, 0.5) is 4.79 Å². The fraction of sp³-hybridized carbons (Fsp3) is 0.500. The van der Waals surface area contributed by atoms with Crippen LogP contribution in [-0.2, 0) is 21.0 Å². The normalized spacial score (nSPS) is 22.1. The molecule has 2 N–H and O–H groups in total. The lowest BCUT2D eigenvalue weighted by Gasteiger charge is -2.31. The van der Waals surface area contributed by atoms with Gasteiger partial charge in [0.15, 0.2) is 0 Å². The molecule has 2 fully saturated rings. The zero-order valence-electron chi connectivity index (χ0n) is 15.0. The molecular weight excluding hydrogens is 336 g/mol. The van der Waals surface area contributed by atoms with Crippen LogP contribution in [0, 0.1) is 5.92 Å². The number of rotatable bonds is 5. The van der Waals surface area contributed by atoms with Gasteiger partial charge in [-0.05, 0) is 18.4 Å². The number of nitrogens with zero attached hydrogens (tertiary/aromatic N) is 3. The largest absolute Gasteiger partial charge is 0.345 e. The predicted octanol–water partition coefficient (Wildman–Crippen LogP) is 1.27. The van der Waals surface area contributed by atoms with Crippen molar-refractivity contribution in [1.29, 1.82) is 0 Å². The molecule has 2 heterocycles. The molecule has 2 aliphatic heterocycles. The summed E-state index contributed by atoms with van der Waals surface area (Å²) in [5.41, 5.74) is 0.958. The van der Waals surface area contributed by atoms with Crippen LogP contribution in [0.15, 0.2) is 30.3 Å². The van der Waals surface area contributed by atoms with Crippen LogP contribution in [0.1, 0.15) is 32.3 Å². The van der Waals surface area contributed by atoms with Crippen LogP contribution in [0.2, 0.25) is 0 Å². The second-order valence-corrected chi connectivity index (χ2v) is 6.97. The van der Waals surface area contributed by atoms with Crippen LogP contribution in [-0.4, -0.2) is 51.4 Å². The average molecular weight is 360 g/mol. The van der Waals surface area contributed by atoms with Gasteiger partial charge in [0.1, 0.15) is 12.6 Å². The van der Waals surface area contributed by atoms with E-state index in [4.69, 9.17) is 10.7 Å². The van der Waals surface area contributed by atoms with Crippen LogP contribution in [0.25, 0.3) is 0 Å². The SMILES string of the molecule is CC(C)C(=O)N(N)C(=O)[C@H]1CC[C@H]2CN1C(=O)N2OCc1ccccc1. The minimum absolute atomic E-state index is 0.0951. The molecule has 0 aliphatic carbocycles. The number of imide groups is 1. The number of fused-ring (bicyclic) bond motifs is 2. The molecule has 1 aromatic rings. The molecule has 2 aliphatic rings. The molecule has 2 bridgehead atoms. The number of urea groups is 1. The first kappa shape index (κ1) is 18.3. The van der Waals surface area contributed by atoms with E-state index < -0.39 is 17.9 Å². The van der Waals surface area contributed by atoms with E-state index in [0.717, 1.165) is 5.56 Å². The Morgan fingerprint density at radius 1 is 1.27 bits per heavy atom. The molecule has 26 heavy (non-hydrogen) atoms. The molecule has 8 heteroatoms. The van der Waals surface area contributed by atoms with Gasteiger partial charge in [-0.2, -0.15) is 5.06 Å². The van der Waals surface area contributed by atoms with Gasteiger partial charge in [0.05, 0.1) is 6.04 Å². The summed E-state index contributed by atoms with van der Waals surface area (Å²) in [5.74, 6) is 4.30. The molecule has 1 aromatic carbocycles. The molecule has 4 amide bonds. The van der Waals surface area contributed by atoms with E-state index >= 15 is 0 Å². The first-order valence-corrected chi connectivity index (χ1v) is 8.79. The molecule has 0 unspecified atom stereocenters. The van der Waals surface area contributed by atoms with E-state index in [1.54, 1.807) is 13.8 Å². The highest BCUT2D eigenvalue weighted by Gasteiger charge is 2.49. The Morgan fingerprint density at radius 2 is 1.96 bits per heavy atom. The molecule has 8 nitrogen and oxygen atoms in total. The molecule has 0 aromatic heterocycles. The Morgan fingerprint density at radius 3 is 2.62 bits per heavy atom. The summed E-state index contributed by atoms with van der Waals surface area (Å²) >= 11 is 0. The van der Waals surface area contributed by atoms with Crippen molar-refractivity contribution in [3.05, 3.63) is 35.9 Å². The number of hydrogen-bond donors (Lipinski definition) is 1. The van der Waals surface area contributed by atoms with Gasteiger partial charge in [0.25, 0.3) is 5.91 Å². The number of hydrogen-bond acceptors (Lipinski definition) is 5. The van der Waals surface area contributed by atoms with Gasteiger partial charge >= 0.3 is 6.03 Å². The van der Waals surface area contributed by atoms with E-state index in [0.29, 0.717) is 24.4 Å². The fourth-order valence-corrected chi connectivity index (χ4v) is 3.32. The number of carbonyl (C=O) groups excluding carboxylic acids is 3. The lowest BCUT2D eigenvalue weighted by molar-refractivity contribution is -0.150. The Hall–Kier alpha value is -2.45. The monoisotopic (exact) mass is 360 g/mol. The van der Waals surface area contributed by atoms with Crippen molar-refractivity contribution in [2.75, 3.05) is 6.54 Å². The summed E-state index contributed by atoms with van der Waals surface area (Å²) in [6, 6.07) is 8.39. The summed E-state index contributed by atoms with van der Waals surface area (Å²) in [5, 5.41) is 2.00. The van der Waals surface area contributed by atoms with Crippen molar-refractivity contribution < 1.29 is 19.2 Å². The van der Waals surface area contributed by atoms with E-state index in [2.05, 4.69) is 0 Å². The van der Waals surface area contributed by atoms with Crippen LogP contribution < -0.4 is 5.84 Å². The third-order valence-corrected chi connectivity index (χ3v) is 4.79.